The SMILES string of the molecule is C=CCC(=O)CC=C.c1c[nH]cn1. The summed E-state index contributed by atoms with van der Waals surface area (Å²) in [5, 5.41) is 0. The smallest absolute Gasteiger partial charge is 0.140 e. The van der Waals surface area contributed by atoms with E-state index in [1.54, 1.807) is 30.9 Å². The number of allylic oxidation sites excluding steroid dienone is 2. The van der Waals surface area contributed by atoms with E-state index in [4.69, 9.17) is 0 Å². The van der Waals surface area contributed by atoms with Crippen LogP contribution in [0.25, 0.3) is 0 Å². The molecular weight excluding hydrogens is 164 g/mol. The summed E-state index contributed by atoms with van der Waals surface area (Å²) in [5.41, 5.74) is 0. The molecule has 0 saturated heterocycles. The average Bonchev–Trinajstić information content (AvgIpc) is 2.61. The van der Waals surface area contributed by atoms with Gasteiger partial charge in [-0.25, -0.2) is 4.98 Å². The summed E-state index contributed by atoms with van der Waals surface area (Å²) in [7, 11) is 0. The topological polar surface area (TPSA) is 45.8 Å². The van der Waals surface area contributed by atoms with Gasteiger partial charge in [-0.3, -0.25) is 4.79 Å². The second-order valence-electron chi connectivity index (χ2n) is 2.28. The molecular formula is C10H14N2O. The second-order valence-corrected chi connectivity index (χ2v) is 2.28. The number of carbonyl (C=O) groups excluding carboxylic acids is 1. The number of hydrogen-bond donors (Lipinski definition) is 1. The number of carbonyl (C=O) groups is 1. The Kier molecular flexibility index (Phi) is 7.39. The predicted molar refractivity (Wildman–Crippen MR) is 53.2 cm³/mol. The van der Waals surface area contributed by atoms with Crippen molar-refractivity contribution in [1.82, 2.24) is 9.97 Å². The van der Waals surface area contributed by atoms with E-state index in [0.29, 0.717) is 12.8 Å². The van der Waals surface area contributed by atoms with Crippen LogP contribution in [0.15, 0.2) is 44.0 Å². The van der Waals surface area contributed by atoms with Gasteiger partial charge in [0.1, 0.15) is 5.78 Å². The minimum Gasteiger partial charge on any atom is -0.351 e. The quantitative estimate of drug-likeness (QED) is 0.718. The van der Waals surface area contributed by atoms with Crippen LogP contribution in [0, 0.1) is 0 Å². The van der Waals surface area contributed by atoms with Gasteiger partial charge in [0, 0.05) is 25.2 Å². The van der Waals surface area contributed by atoms with Crippen LogP contribution in [0.3, 0.4) is 0 Å². The Morgan fingerprint density at radius 3 is 2.23 bits per heavy atom. The molecule has 3 heteroatoms. The van der Waals surface area contributed by atoms with Crippen LogP contribution in [0.5, 0.6) is 0 Å². The van der Waals surface area contributed by atoms with Crippen molar-refractivity contribution in [3.63, 3.8) is 0 Å². The van der Waals surface area contributed by atoms with Crippen molar-refractivity contribution in [3.05, 3.63) is 44.0 Å². The third-order valence-corrected chi connectivity index (χ3v) is 1.15. The normalized spacial score (nSPS) is 8.00. The van der Waals surface area contributed by atoms with Gasteiger partial charge >= 0.3 is 0 Å². The van der Waals surface area contributed by atoms with E-state index in [9.17, 15) is 4.79 Å². The minimum absolute atomic E-state index is 0.176. The van der Waals surface area contributed by atoms with Crippen LogP contribution in [0.1, 0.15) is 12.8 Å². The maximum absolute atomic E-state index is 10.5. The monoisotopic (exact) mass is 178 g/mol. The molecule has 0 bridgehead atoms. The zero-order chi connectivity index (χ0) is 9.94. The molecule has 0 radical (unpaired) electrons. The fraction of sp³-hybridized carbons (Fsp3) is 0.200. The summed E-state index contributed by atoms with van der Waals surface area (Å²) in [4.78, 5) is 16.9. The highest BCUT2D eigenvalue weighted by Gasteiger charge is 1.91. The number of hydrogen-bond acceptors (Lipinski definition) is 2. The predicted octanol–water partition coefficient (Wildman–Crippen LogP) is 2.12. The Morgan fingerprint density at radius 2 is 2.00 bits per heavy atom. The Bertz CT molecular complexity index is 210. The molecule has 70 valence electrons. The van der Waals surface area contributed by atoms with Gasteiger partial charge in [-0.05, 0) is 0 Å². The third kappa shape index (κ3) is 8.26. The Hall–Kier alpha value is -1.64. The summed E-state index contributed by atoms with van der Waals surface area (Å²) < 4.78 is 0. The molecule has 0 saturated carbocycles. The number of rotatable bonds is 4. The van der Waals surface area contributed by atoms with Gasteiger partial charge in [0.25, 0.3) is 0 Å². The van der Waals surface area contributed by atoms with Gasteiger partial charge in [0.05, 0.1) is 6.33 Å². The van der Waals surface area contributed by atoms with Gasteiger partial charge in [0.2, 0.25) is 0 Å². The van der Waals surface area contributed by atoms with Crippen molar-refractivity contribution in [1.29, 1.82) is 0 Å². The van der Waals surface area contributed by atoms with Crippen molar-refractivity contribution in [2.24, 2.45) is 0 Å². The number of H-pyrrole nitrogens is 1. The summed E-state index contributed by atoms with van der Waals surface area (Å²) >= 11 is 0. The second kappa shape index (κ2) is 8.46. The van der Waals surface area contributed by atoms with Crippen LogP contribution in [-0.4, -0.2) is 15.8 Å². The summed E-state index contributed by atoms with van der Waals surface area (Å²) in [6, 6.07) is 0. The highest BCUT2D eigenvalue weighted by Crippen LogP contribution is 1.89. The first-order valence-corrected chi connectivity index (χ1v) is 3.97. The molecule has 0 fully saturated rings. The zero-order valence-corrected chi connectivity index (χ0v) is 7.57. The Balaban J connectivity index is 0.000000243. The Morgan fingerprint density at radius 1 is 1.38 bits per heavy atom. The zero-order valence-electron chi connectivity index (χ0n) is 7.57. The van der Waals surface area contributed by atoms with E-state index >= 15 is 0 Å². The molecule has 0 atom stereocenters. The van der Waals surface area contributed by atoms with Gasteiger partial charge < -0.3 is 4.98 Å². The number of aromatic nitrogens is 2. The van der Waals surface area contributed by atoms with E-state index in [-0.39, 0.29) is 5.78 Å². The molecule has 0 aliphatic rings. The van der Waals surface area contributed by atoms with Gasteiger partial charge in [0.15, 0.2) is 0 Å². The minimum atomic E-state index is 0.176. The van der Waals surface area contributed by atoms with Crippen molar-refractivity contribution in [2.45, 2.75) is 12.8 Å². The molecule has 0 aliphatic carbocycles. The van der Waals surface area contributed by atoms with Crippen molar-refractivity contribution in [3.8, 4) is 0 Å². The first-order valence-electron chi connectivity index (χ1n) is 3.97. The fourth-order valence-electron chi connectivity index (χ4n) is 0.620. The van der Waals surface area contributed by atoms with Crippen molar-refractivity contribution in [2.75, 3.05) is 0 Å². The maximum Gasteiger partial charge on any atom is 0.140 e. The van der Waals surface area contributed by atoms with E-state index in [0.717, 1.165) is 0 Å². The van der Waals surface area contributed by atoms with E-state index < -0.39 is 0 Å². The van der Waals surface area contributed by atoms with E-state index in [2.05, 4.69) is 23.1 Å². The highest BCUT2D eigenvalue weighted by molar-refractivity contribution is 5.80. The molecule has 0 spiro atoms. The largest absolute Gasteiger partial charge is 0.351 e. The highest BCUT2D eigenvalue weighted by atomic mass is 16.1. The van der Waals surface area contributed by atoms with Gasteiger partial charge in [-0.15, -0.1) is 13.2 Å². The number of nitrogens with one attached hydrogen (secondary N) is 1. The van der Waals surface area contributed by atoms with Gasteiger partial charge in [-0.2, -0.15) is 0 Å². The maximum atomic E-state index is 10.5. The van der Waals surface area contributed by atoms with Crippen LogP contribution in [-0.2, 0) is 4.79 Å². The standard InChI is InChI=1S/C7H10O.C3H4N2/c1-3-5-7(8)6-4-2;1-2-5-3-4-1/h3-4H,1-2,5-6H2;1-3H,(H,4,5). The van der Waals surface area contributed by atoms with Crippen LogP contribution in [0.4, 0.5) is 0 Å². The number of nitrogens with zero attached hydrogens (tertiary/aromatic N) is 1. The molecule has 3 nitrogen and oxygen atoms in total. The molecule has 0 amide bonds. The molecule has 1 N–H and O–H groups in total. The first-order chi connectivity index (χ1) is 6.31. The summed E-state index contributed by atoms with van der Waals surface area (Å²) in [5.74, 6) is 0.176. The lowest BCUT2D eigenvalue weighted by Gasteiger charge is -1.85. The molecule has 1 rings (SSSR count). The molecule has 0 unspecified atom stereocenters. The lowest BCUT2D eigenvalue weighted by Crippen LogP contribution is -1.90. The van der Waals surface area contributed by atoms with E-state index in [1.165, 1.54) is 0 Å². The summed E-state index contributed by atoms with van der Waals surface area (Å²) in [6.07, 6.45) is 9.22. The summed E-state index contributed by atoms with van der Waals surface area (Å²) in [6.45, 7) is 6.86. The lowest BCUT2D eigenvalue weighted by molar-refractivity contribution is -0.117. The Labute approximate surface area is 78.2 Å². The van der Waals surface area contributed by atoms with Crippen LogP contribution < -0.4 is 0 Å². The number of aromatic amines is 1. The molecule has 1 heterocycles. The van der Waals surface area contributed by atoms with E-state index in [1.807, 2.05) is 0 Å². The molecule has 1 aromatic rings. The first kappa shape index (κ1) is 11.4. The fourth-order valence-corrected chi connectivity index (χ4v) is 0.620. The number of ketones is 1. The van der Waals surface area contributed by atoms with Gasteiger partial charge in [-0.1, -0.05) is 12.2 Å². The molecule has 13 heavy (non-hydrogen) atoms. The number of Topliss-reactive ketones (excluding diaryl/α,β-unsaturated/α-hetero) is 1. The third-order valence-electron chi connectivity index (χ3n) is 1.15. The van der Waals surface area contributed by atoms with Crippen LogP contribution >= 0.6 is 0 Å². The molecule has 0 aromatic carbocycles. The lowest BCUT2D eigenvalue weighted by atomic mass is 10.2. The van der Waals surface area contributed by atoms with Crippen molar-refractivity contribution >= 4 is 5.78 Å². The van der Waals surface area contributed by atoms with Crippen LogP contribution in [0.2, 0.25) is 0 Å². The number of imidazole rings is 1. The average molecular weight is 178 g/mol. The van der Waals surface area contributed by atoms with Crippen molar-refractivity contribution < 1.29 is 4.79 Å². The molecule has 1 aromatic heterocycles. The molecule has 0 aliphatic heterocycles.